The number of aryl methyl sites for hydroxylation is 3. The summed E-state index contributed by atoms with van der Waals surface area (Å²) in [5.41, 5.74) is 3.88. The number of benzene rings is 2. The summed E-state index contributed by atoms with van der Waals surface area (Å²) in [4.78, 5) is 34.7. The van der Waals surface area contributed by atoms with E-state index < -0.39 is 16.7 Å². The molecule has 0 aliphatic rings. The smallest absolute Gasteiger partial charge is 0.272 e. The molecule has 140 valence electrons. The molecule has 0 aromatic heterocycles. The fraction of sp³-hybridized carbons (Fsp3) is 0.200. The third kappa shape index (κ3) is 5.24. The van der Waals surface area contributed by atoms with Gasteiger partial charge in [-0.1, -0.05) is 29.8 Å². The summed E-state index contributed by atoms with van der Waals surface area (Å²) < 4.78 is 0. The van der Waals surface area contributed by atoms with Crippen LogP contribution in [0.25, 0.3) is 6.08 Å². The van der Waals surface area contributed by atoms with E-state index in [1.54, 1.807) is 6.07 Å². The maximum Gasteiger partial charge on any atom is 0.272 e. The second-order valence-electron chi connectivity index (χ2n) is 6.32. The third-order valence-corrected chi connectivity index (χ3v) is 3.86. The number of carbonyl (C=O) groups is 2. The van der Waals surface area contributed by atoms with E-state index in [2.05, 4.69) is 10.6 Å². The molecule has 2 N–H and O–H groups in total. The summed E-state index contributed by atoms with van der Waals surface area (Å²) in [7, 11) is 0. The monoisotopic (exact) mass is 367 g/mol. The van der Waals surface area contributed by atoms with Gasteiger partial charge in [0.1, 0.15) is 5.70 Å². The molecule has 0 atom stereocenters. The van der Waals surface area contributed by atoms with Crippen molar-refractivity contribution >= 4 is 29.3 Å². The predicted octanol–water partition coefficient (Wildman–Crippen LogP) is 3.64. The molecule has 2 amide bonds. The van der Waals surface area contributed by atoms with Gasteiger partial charge in [-0.05, 0) is 43.5 Å². The standard InChI is InChI=1S/C20H21N3O4/c1-12-8-13(2)19(14(3)9-12)22-20(25)18(21-15(4)24)11-16-6-5-7-17(10-16)23(26)27/h5-11H,1-4H3,(H,21,24)(H,22,25)/b18-11-. The normalized spacial score (nSPS) is 11.0. The highest BCUT2D eigenvalue weighted by Gasteiger charge is 2.15. The Hall–Kier alpha value is -3.48. The van der Waals surface area contributed by atoms with Crippen LogP contribution in [0.15, 0.2) is 42.1 Å². The van der Waals surface area contributed by atoms with Crippen LogP contribution < -0.4 is 10.6 Å². The lowest BCUT2D eigenvalue weighted by Crippen LogP contribution is -2.29. The average Bonchev–Trinajstić information content (AvgIpc) is 2.57. The van der Waals surface area contributed by atoms with Gasteiger partial charge in [0.15, 0.2) is 0 Å². The molecule has 2 aromatic carbocycles. The van der Waals surface area contributed by atoms with Gasteiger partial charge < -0.3 is 10.6 Å². The van der Waals surface area contributed by atoms with Crippen LogP contribution in [0.2, 0.25) is 0 Å². The van der Waals surface area contributed by atoms with E-state index in [0.29, 0.717) is 11.3 Å². The van der Waals surface area contributed by atoms with Gasteiger partial charge in [0, 0.05) is 24.7 Å². The van der Waals surface area contributed by atoms with Gasteiger partial charge in [-0.3, -0.25) is 19.7 Å². The summed E-state index contributed by atoms with van der Waals surface area (Å²) in [6.45, 7) is 7.03. The molecule has 2 aromatic rings. The van der Waals surface area contributed by atoms with Gasteiger partial charge in [0.05, 0.1) is 4.92 Å². The van der Waals surface area contributed by atoms with Crippen LogP contribution in [-0.2, 0) is 9.59 Å². The average molecular weight is 367 g/mol. The first-order valence-corrected chi connectivity index (χ1v) is 8.30. The molecule has 0 bridgehead atoms. The van der Waals surface area contributed by atoms with Crippen LogP contribution in [0.4, 0.5) is 11.4 Å². The summed E-state index contributed by atoms with van der Waals surface area (Å²) in [6.07, 6.45) is 1.41. The maximum atomic E-state index is 12.7. The topological polar surface area (TPSA) is 101 Å². The molecule has 0 radical (unpaired) electrons. The van der Waals surface area contributed by atoms with Crippen molar-refractivity contribution in [3.63, 3.8) is 0 Å². The first-order valence-electron chi connectivity index (χ1n) is 8.30. The first-order chi connectivity index (χ1) is 12.7. The van der Waals surface area contributed by atoms with Gasteiger partial charge in [-0.2, -0.15) is 0 Å². The molecule has 0 aliphatic carbocycles. The minimum atomic E-state index is -0.519. The number of nitrogens with zero attached hydrogens (tertiary/aromatic N) is 1. The zero-order valence-corrected chi connectivity index (χ0v) is 15.6. The Morgan fingerprint density at radius 3 is 2.26 bits per heavy atom. The lowest BCUT2D eigenvalue weighted by atomic mass is 10.0. The van der Waals surface area contributed by atoms with Crippen molar-refractivity contribution in [2.24, 2.45) is 0 Å². The van der Waals surface area contributed by atoms with Gasteiger partial charge in [-0.15, -0.1) is 0 Å². The predicted molar refractivity (Wildman–Crippen MR) is 104 cm³/mol. The van der Waals surface area contributed by atoms with Gasteiger partial charge in [0.2, 0.25) is 5.91 Å². The molecule has 0 saturated heterocycles. The van der Waals surface area contributed by atoms with Crippen molar-refractivity contribution in [2.45, 2.75) is 27.7 Å². The molecule has 27 heavy (non-hydrogen) atoms. The van der Waals surface area contributed by atoms with Crippen LogP contribution in [0, 0.1) is 30.9 Å². The van der Waals surface area contributed by atoms with Gasteiger partial charge >= 0.3 is 0 Å². The SMILES string of the molecule is CC(=O)N/C(=C\c1cccc([N+](=O)[O-])c1)C(=O)Nc1c(C)cc(C)cc1C. The molecular formula is C20H21N3O4. The molecule has 0 saturated carbocycles. The Bertz CT molecular complexity index is 925. The van der Waals surface area contributed by atoms with Crippen LogP contribution in [0.1, 0.15) is 29.2 Å². The molecule has 7 nitrogen and oxygen atoms in total. The highest BCUT2D eigenvalue weighted by Crippen LogP contribution is 2.23. The molecule has 0 aliphatic heterocycles. The fourth-order valence-electron chi connectivity index (χ4n) is 2.80. The van der Waals surface area contributed by atoms with Crippen molar-refractivity contribution in [3.05, 3.63) is 74.5 Å². The largest absolute Gasteiger partial charge is 0.322 e. The number of non-ortho nitro benzene ring substituents is 1. The van der Waals surface area contributed by atoms with E-state index in [1.807, 2.05) is 32.9 Å². The van der Waals surface area contributed by atoms with E-state index in [4.69, 9.17) is 0 Å². The van der Waals surface area contributed by atoms with Crippen molar-refractivity contribution < 1.29 is 14.5 Å². The molecule has 0 spiro atoms. The number of rotatable bonds is 5. The number of carbonyl (C=O) groups excluding carboxylic acids is 2. The number of anilines is 1. The highest BCUT2D eigenvalue weighted by molar-refractivity contribution is 6.09. The lowest BCUT2D eigenvalue weighted by Gasteiger charge is -2.14. The summed E-state index contributed by atoms with van der Waals surface area (Å²) in [6, 6.07) is 9.72. The van der Waals surface area contributed by atoms with Crippen LogP contribution >= 0.6 is 0 Å². The maximum absolute atomic E-state index is 12.7. The number of hydrogen-bond donors (Lipinski definition) is 2. The summed E-state index contributed by atoms with van der Waals surface area (Å²) >= 11 is 0. The number of nitro benzene ring substituents is 1. The van der Waals surface area contributed by atoms with Crippen molar-refractivity contribution in [2.75, 3.05) is 5.32 Å². The van der Waals surface area contributed by atoms with Crippen molar-refractivity contribution in [3.8, 4) is 0 Å². The Morgan fingerprint density at radius 1 is 1.07 bits per heavy atom. The number of hydrogen-bond acceptors (Lipinski definition) is 4. The minimum Gasteiger partial charge on any atom is -0.322 e. The Morgan fingerprint density at radius 2 is 1.70 bits per heavy atom. The van der Waals surface area contributed by atoms with E-state index in [9.17, 15) is 19.7 Å². The Kier molecular flexibility index (Phi) is 6.07. The van der Waals surface area contributed by atoms with E-state index in [-0.39, 0.29) is 11.4 Å². The number of nitrogens with one attached hydrogen (secondary N) is 2. The summed E-state index contributed by atoms with van der Waals surface area (Å²) in [5, 5.41) is 16.2. The second-order valence-corrected chi connectivity index (χ2v) is 6.32. The summed E-state index contributed by atoms with van der Waals surface area (Å²) in [5.74, 6) is -0.925. The zero-order chi connectivity index (χ0) is 20.1. The van der Waals surface area contributed by atoms with Gasteiger partial charge in [-0.25, -0.2) is 0 Å². The Labute approximate surface area is 157 Å². The zero-order valence-electron chi connectivity index (χ0n) is 15.6. The molecule has 2 rings (SSSR count). The quantitative estimate of drug-likeness (QED) is 0.478. The number of nitro groups is 1. The second kappa shape index (κ2) is 8.27. The third-order valence-electron chi connectivity index (χ3n) is 3.86. The van der Waals surface area contributed by atoms with Crippen LogP contribution in [0.5, 0.6) is 0 Å². The molecule has 0 unspecified atom stereocenters. The Balaban J connectivity index is 2.39. The van der Waals surface area contributed by atoms with Gasteiger partial charge in [0.25, 0.3) is 11.6 Å². The molecule has 0 fully saturated rings. The number of amides is 2. The van der Waals surface area contributed by atoms with Crippen molar-refractivity contribution in [1.29, 1.82) is 0 Å². The lowest BCUT2D eigenvalue weighted by molar-refractivity contribution is -0.384. The van der Waals surface area contributed by atoms with E-state index >= 15 is 0 Å². The van der Waals surface area contributed by atoms with Crippen LogP contribution in [0.3, 0.4) is 0 Å². The minimum absolute atomic E-state index is 0.00220. The fourth-order valence-corrected chi connectivity index (χ4v) is 2.80. The first kappa shape index (κ1) is 19.8. The van der Waals surface area contributed by atoms with E-state index in [1.165, 1.54) is 31.2 Å². The van der Waals surface area contributed by atoms with Crippen molar-refractivity contribution in [1.82, 2.24) is 5.32 Å². The highest BCUT2D eigenvalue weighted by atomic mass is 16.6. The molecule has 0 heterocycles. The molecular weight excluding hydrogens is 346 g/mol. The van der Waals surface area contributed by atoms with Crippen LogP contribution in [-0.4, -0.2) is 16.7 Å². The molecule has 7 heteroatoms. The van der Waals surface area contributed by atoms with E-state index in [0.717, 1.165) is 16.7 Å².